The molecule has 0 aliphatic heterocycles. The highest BCUT2D eigenvalue weighted by molar-refractivity contribution is 6.35. The smallest absolute Gasteiger partial charge is 0.0452 e. The van der Waals surface area contributed by atoms with Gasteiger partial charge in [0.25, 0.3) is 0 Å². The molecule has 0 nitrogen and oxygen atoms in total. The summed E-state index contributed by atoms with van der Waals surface area (Å²) in [6.07, 6.45) is 0.887. The van der Waals surface area contributed by atoms with Gasteiger partial charge in [-0.2, -0.15) is 0 Å². The maximum atomic E-state index is 5.85. The molecule has 0 saturated carbocycles. The van der Waals surface area contributed by atoms with Gasteiger partial charge in [0.1, 0.15) is 0 Å². The fraction of sp³-hybridized carbons (Fsp3) is 0.250. The Labute approximate surface area is 70.8 Å². The average Bonchev–Trinajstić information content (AvgIpc) is 1.88. The van der Waals surface area contributed by atoms with Crippen molar-refractivity contribution in [3.05, 3.63) is 33.8 Å². The van der Waals surface area contributed by atoms with E-state index in [4.69, 9.17) is 23.2 Å². The highest BCUT2D eigenvalue weighted by atomic mass is 35.5. The molecule has 0 amide bonds. The molecule has 10 heavy (non-hydrogen) atoms. The molecule has 0 bridgehead atoms. The molecule has 1 rings (SSSR count). The third-order valence-electron chi connectivity index (χ3n) is 1.42. The lowest BCUT2D eigenvalue weighted by Crippen LogP contribution is -1.82. The lowest BCUT2D eigenvalue weighted by atomic mass is 10.2. The van der Waals surface area contributed by atoms with Gasteiger partial charge in [-0.15, -0.1) is 0 Å². The second kappa shape index (κ2) is 3.27. The summed E-state index contributed by atoms with van der Waals surface area (Å²) in [4.78, 5) is 0. The van der Waals surface area contributed by atoms with Crippen LogP contribution in [-0.2, 0) is 6.42 Å². The number of benzene rings is 1. The van der Waals surface area contributed by atoms with Crippen LogP contribution in [0.15, 0.2) is 18.2 Å². The van der Waals surface area contributed by atoms with Gasteiger partial charge >= 0.3 is 0 Å². The summed E-state index contributed by atoms with van der Waals surface area (Å²) in [5.41, 5.74) is 1.03. The standard InChI is InChI=1S/C8H8Cl2/c1-2-6-7(9)4-3-5-8(6)10/h3-5H,2H2,1H3. The van der Waals surface area contributed by atoms with E-state index in [0.717, 1.165) is 22.0 Å². The van der Waals surface area contributed by atoms with Crippen molar-refractivity contribution >= 4 is 23.2 Å². The van der Waals surface area contributed by atoms with E-state index >= 15 is 0 Å². The lowest BCUT2D eigenvalue weighted by molar-refractivity contribution is 1.14. The van der Waals surface area contributed by atoms with Gasteiger partial charge in [0.2, 0.25) is 0 Å². The molecule has 54 valence electrons. The van der Waals surface area contributed by atoms with Crippen molar-refractivity contribution in [2.75, 3.05) is 0 Å². The predicted molar refractivity (Wildman–Crippen MR) is 45.8 cm³/mol. The molecule has 1 aromatic rings. The topological polar surface area (TPSA) is 0 Å². The summed E-state index contributed by atoms with van der Waals surface area (Å²) in [5.74, 6) is 0. The Hall–Kier alpha value is -0.200. The van der Waals surface area contributed by atoms with Gasteiger partial charge in [-0.1, -0.05) is 36.2 Å². The molecule has 0 spiro atoms. The summed E-state index contributed by atoms with van der Waals surface area (Å²) in [5, 5.41) is 1.52. The zero-order valence-corrected chi connectivity index (χ0v) is 7.21. The normalized spacial score (nSPS) is 9.90. The summed E-state index contributed by atoms with van der Waals surface area (Å²) in [6, 6.07) is 5.56. The van der Waals surface area contributed by atoms with Crippen molar-refractivity contribution in [3.8, 4) is 0 Å². The molecule has 0 aliphatic carbocycles. The van der Waals surface area contributed by atoms with E-state index in [1.54, 1.807) is 0 Å². The van der Waals surface area contributed by atoms with Crippen LogP contribution < -0.4 is 0 Å². The van der Waals surface area contributed by atoms with Gasteiger partial charge < -0.3 is 0 Å². The van der Waals surface area contributed by atoms with E-state index in [0.29, 0.717) is 0 Å². The second-order valence-corrected chi connectivity index (χ2v) is 2.87. The van der Waals surface area contributed by atoms with E-state index in [1.165, 1.54) is 0 Å². The molecule has 0 aliphatic rings. The Kier molecular flexibility index (Phi) is 2.58. The first-order chi connectivity index (χ1) is 4.75. The molecule has 0 unspecified atom stereocenters. The Bertz CT molecular complexity index is 210. The molecular formula is C8H8Cl2. The van der Waals surface area contributed by atoms with Crippen LogP contribution in [0.25, 0.3) is 0 Å². The van der Waals surface area contributed by atoms with Crippen molar-refractivity contribution in [3.63, 3.8) is 0 Å². The average molecular weight is 175 g/mol. The number of halogens is 2. The Morgan fingerprint density at radius 3 is 2.00 bits per heavy atom. The molecule has 0 heterocycles. The Morgan fingerprint density at radius 1 is 1.20 bits per heavy atom. The number of hydrogen-bond donors (Lipinski definition) is 0. The van der Waals surface area contributed by atoms with Gasteiger partial charge in [0.15, 0.2) is 0 Å². The fourth-order valence-electron chi connectivity index (χ4n) is 0.870. The number of hydrogen-bond acceptors (Lipinski definition) is 0. The van der Waals surface area contributed by atoms with Crippen LogP contribution in [-0.4, -0.2) is 0 Å². The van der Waals surface area contributed by atoms with Crippen LogP contribution in [0.5, 0.6) is 0 Å². The largest absolute Gasteiger partial charge is 0.0840 e. The minimum Gasteiger partial charge on any atom is -0.0840 e. The first-order valence-corrected chi connectivity index (χ1v) is 3.94. The maximum absolute atomic E-state index is 5.85. The van der Waals surface area contributed by atoms with E-state index in [1.807, 2.05) is 25.1 Å². The molecule has 0 saturated heterocycles. The molecule has 0 fully saturated rings. The first kappa shape index (κ1) is 7.90. The quantitative estimate of drug-likeness (QED) is 0.612. The van der Waals surface area contributed by atoms with Gasteiger partial charge in [0.05, 0.1) is 0 Å². The van der Waals surface area contributed by atoms with Crippen LogP contribution in [0.1, 0.15) is 12.5 Å². The van der Waals surface area contributed by atoms with E-state index in [9.17, 15) is 0 Å². The Morgan fingerprint density at radius 2 is 1.70 bits per heavy atom. The SMILES string of the molecule is CCc1c(Cl)cccc1Cl. The van der Waals surface area contributed by atoms with Crippen molar-refractivity contribution in [1.82, 2.24) is 0 Å². The van der Waals surface area contributed by atoms with Crippen LogP contribution >= 0.6 is 23.2 Å². The second-order valence-electron chi connectivity index (χ2n) is 2.05. The maximum Gasteiger partial charge on any atom is 0.0452 e. The summed E-state index contributed by atoms with van der Waals surface area (Å²) in [7, 11) is 0. The van der Waals surface area contributed by atoms with E-state index < -0.39 is 0 Å². The van der Waals surface area contributed by atoms with Gasteiger partial charge in [-0.25, -0.2) is 0 Å². The molecule has 1 aromatic carbocycles. The minimum atomic E-state index is 0.759. The summed E-state index contributed by atoms with van der Waals surface area (Å²) in [6.45, 7) is 2.03. The molecule has 0 aromatic heterocycles. The van der Waals surface area contributed by atoms with Gasteiger partial charge in [0, 0.05) is 10.0 Å². The summed E-state index contributed by atoms with van der Waals surface area (Å²) >= 11 is 11.7. The van der Waals surface area contributed by atoms with Crippen LogP contribution in [0.2, 0.25) is 10.0 Å². The minimum absolute atomic E-state index is 0.759. The van der Waals surface area contributed by atoms with Crippen LogP contribution in [0, 0.1) is 0 Å². The fourth-order valence-corrected chi connectivity index (χ4v) is 1.53. The molecule has 0 radical (unpaired) electrons. The molecule has 0 atom stereocenters. The van der Waals surface area contributed by atoms with E-state index in [-0.39, 0.29) is 0 Å². The van der Waals surface area contributed by atoms with Crippen molar-refractivity contribution in [2.24, 2.45) is 0 Å². The van der Waals surface area contributed by atoms with Gasteiger partial charge in [-0.3, -0.25) is 0 Å². The zero-order chi connectivity index (χ0) is 7.56. The van der Waals surface area contributed by atoms with Crippen molar-refractivity contribution in [1.29, 1.82) is 0 Å². The highest BCUT2D eigenvalue weighted by Gasteiger charge is 2.00. The molecular weight excluding hydrogens is 167 g/mol. The third-order valence-corrected chi connectivity index (χ3v) is 2.12. The van der Waals surface area contributed by atoms with Crippen molar-refractivity contribution < 1.29 is 0 Å². The Balaban J connectivity index is 3.17. The monoisotopic (exact) mass is 174 g/mol. The molecule has 2 heteroatoms. The van der Waals surface area contributed by atoms with Crippen LogP contribution in [0.4, 0.5) is 0 Å². The van der Waals surface area contributed by atoms with E-state index in [2.05, 4.69) is 0 Å². The predicted octanol–water partition coefficient (Wildman–Crippen LogP) is 3.56. The van der Waals surface area contributed by atoms with Crippen LogP contribution in [0.3, 0.4) is 0 Å². The number of rotatable bonds is 1. The highest BCUT2D eigenvalue weighted by Crippen LogP contribution is 2.23. The third kappa shape index (κ3) is 1.44. The van der Waals surface area contributed by atoms with Crippen molar-refractivity contribution in [2.45, 2.75) is 13.3 Å². The van der Waals surface area contributed by atoms with Gasteiger partial charge in [-0.05, 0) is 24.1 Å². The molecule has 0 N–H and O–H groups in total. The first-order valence-electron chi connectivity index (χ1n) is 3.18. The summed E-state index contributed by atoms with van der Waals surface area (Å²) < 4.78 is 0. The lowest BCUT2D eigenvalue weighted by Gasteiger charge is -2.01. The zero-order valence-electron chi connectivity index (χ0n) is 5.70.